The van der Waals surface area contributed by atoms with Crippen molar-refractivity contribution in [3.63, 3.8) is 0 Å². The second kappa shape index (κ2) is 5.88. The van der Waals surface area contributed by atoms with Crippen LogP contribution < -0.4 is 5.56 Å². The summed E-state index contributed by atoms with van der Waals surface area (Å²) in [6, 6.07) is 6.48. The molecule has 29 heavy (non-hydrogen) atoms. The van der Waals surface area contributed by atoms with Crippen molar-refractivity contribution in [2.75, 3.05) is 6.61 Å². The van der Waals surface area contributed by atoms with E-state index in [2.05, 4.69) is 0 Å². The number of carbonyl (C=O) groups is 1. The van der Waals surface area contributed by atoms with E-state index in [-0.39, 0.29) is 29.0 Å². The highest BCUT2D eigenvalue weighted by molar-refractivity contribution is 5.89. The molecule has 2 aliphatic heterocycles. The average Bonchev–Trinajstić information content (AvgIpc) is 3.08. The number of phenols is 1. The van der Waals surface area contributed by atoms with E-state index in [9.17, 15) is 24.9 Å². The van der Waals surface area contributed by atoms with Crippen LogP contribution in [-0.2, 0) is 34.7 Å². The molecule has 0 saturated heterocycles. The number of cyclic esters (lactones) is 1. The summed E-state index contributed by atoms with van der Waals surface area (Å²) in [5.74, 6) is -0.841. The molecule has 1 aromatic carbocycles. The van der Waals surface area contributed by atoms with Crippen LogP contribution in [0.15, 0.2) is 29.1 Å². The van der Waals surface area contributed by atoms with Gasteiger partial charge in [0.25, 0.3) is 5.56 Å². The number of rotatable bonds is 2. The van der Waals surface area contributed by atoms with Crippen molar-refractivity contribution >= 4 is 16.9 Å². The van der Waals surface area contributed by atoms with Gasteiger partial charge in [-0.1, -0.05) is 6.92 Å². The van der Waals surface area contributed by atoms with Gasteiger partial charge in [-0.2, -0.15) is 0 Å². The van der Waals surface area contributed by atoms with Crippen LogP contribution in [0, 0.1) is 0 Å². The first-order valence-corrected chi connectivity index (χ1v) is 9.31. The van der Waals surface area contributed by atoms with Crippen LogP contribution in [0.5, 0.6) is 5.75 Å². The van der Waals surface area contributed by atoms with Gasteiger partial charge in [0, 0.05) is 16.5 Å². The average molecular weight is 394 g/mol. The van der Waals surface area contributed by atoms with E-state index in [1.54, 1.807) is 28.8 Å². The van der Waals surface area contributed by atoms with E-state index < -0.39 is 18.2 Å². The van der Waals surface area contributed by atoms with Crippen LogP contribution >= 0.6 is 0 Å². The summed E-state index contributed by atoms with van der Waals surface area (Å²) in [5, 5.41) is 31.1. The van der Waals surface area contributed by atoms with Crippen molar-refractivity contribution in [2.45, 2.75) is 32.1 Å². The van der Waals surface area contributed by atoms with Gasteiger partial charge in [-0.15, -0.1) is 0 Å². The first-order valence-electron chi connectivity index (χ1n) is 9.31. The van der Waals surface area contributed by atoms with Gasteiger partial charge in [0.1, 0.15) is 12.4 Å². The van der Waals surface area contributed by atoms with Gasteiger partial charge >= 0.3 is 5.97 Å². The summed E-state index contributed by atoms with van der Waals surface area (Å²) >= 11 is 0. The Kier molecular flexibility index (Phi) is 3.62. The van der Waals surface area contributed by atoms with Crippen molar-refractivity contribution in [3.8, 4) is 17.1 Å². The minimum Gasteiger partial charge on any atom is -0.508 e. The molecule has 1 unspecified atom stereocenters. The molecule has 3 N–H and O–H groups in total. The number of aliphatic hydroxyl groups is 2. The molecule has 3 aromatic rings. The Hall–Kier alpha value is -3.23. The lowest BCUT2D eigenvalue weighted by atomic mass is 9.88. The molecule has 4 heterocycles. The molecule has 2 aliphatic rings. The quantitative estimate of drug-likeness (QED) is 0.432. The molecular weight excluding hydrogens is 376 g/mol. The van der Waals surface area contributed by atoms with Crippen molar-refractivity contribution < 1.29 is 24.9 Å². The lowest BCUT2D eigenvalue weighted by molar-refractivity contribution is -0.176. The van der Waals surface area contributed by atoms with Gasteiger partial charge < -0.3 is 24.6 Å². The van der Waals surface area contributed by atoms with Gasteiger partial charge in [-0.3, -0.25) is 4.79 Å². The number of hydrogen-bond donors (Lipinski definition) is 3. The van der Waals surface area contributed by atoms with E-state index in [0.29, 0.717) is 29.9 Å². The zero-order valence-electron chi connectivity index (χ0n) is 15.6. The minimum absolute atomic E-state index is 0.0611. The maximum absolute atomic E-state index is 13.1. The summed E-state index contributed by atoms with van der Waals surface area (Å²) in [5.41, 5.74) is 1.15. The lowest BCUT2D eigenvalue weighted by Crippen LogP contribution is -2.47. The van der Waals surface area contributed by atoms with Crippen molar-refractivity contribution in [2.24, 2.45) is 0 Å². The predicted octanol–water partition coefficient (Wildman–Crippen LogP) is 0.930. The molecule has 0 amide bonds. The summed E-state index contributed by atoms with van der Waals surface area (Å²) in [4.78, 5) is 29.9. The van der Waals surface area contributed by atoms with E-state index in [0.717, 1.165) is 16.5 Å². The second-order valence-electron chi connectivity index (χ2n) is 7.38. The minimum atomic E-state index is -2.28. The molecule has 0 saturated carbocycles. The molecule has 8 nitrogen and oxygen atoms in total. The number of fused-ring (bicyclic) bond motifs is 5. The van der Waals surface area contributed by atoms with Crippen molar-refractivity contribution in [1.82, 2.24) is 9.55 Å². The first kappa shape index (κ1) is 17.8. The highest BCUT2D eigenvalue weighted by Crippen LogP contribution is 2.39. The number of aryl methyl sites for hydroxylation is 1. The number of aromatic nitrogens is 2. The largest absolute Gasteiger partial charge is 0.508 e. The van der Waals surface area contributed by atoms with Crippen molar-refractivity contribution in [3.05, 3.63) is 56.9 Å². The third kappa shape index (κ3) is 2.24. The van der Waals surface area contributed by atoms with Gasteiger partial charge in [-0.25, -0.2) is 9.78 Å². The number of ether oxygens (including phenoxy) is 1. The molecule has 0 fully saturated rings. The fourth-order valence-corrected chi connectivity index (χ4v) is 4.37. The molecule has 148 valence electrons. The number of nitrogens with zero attached hydrogens (tertiary/aromatic N) is 2. The molecule has 5 rings (SSSR count). The summed E-state index contributed by atoms with van der Waals surface area (Å²) in [6.07, 6.45) is 0.676. The number of aromatic hydroxyl groups is 1. The van der Waals surface area contributed by atoms with Crippen molar-refractivity contribution in [1.29, 1.82) is 0 Å². The zero-order valence-corrected chi connectivity index (χ0v) is 15.6. The Labute approximate surface area is 164 Å². The monoisotopic (exact) mass is 394 g/mol. The number of benzene rings is 1. The van der Waals surface area contributed by atoms with Crippen LogP contribution in [0.3, 0.4) is 0 Å². The van der Waals surface area contributed by atoms with Crippen LogP contribution in [0.1, 0.15) is 29.2 Å². The molecule has 0 aliphatic carbocycles. The first-order chi connectivity index (χ1) is 13.9. The zero-order chi connectivity index (χ0) is 20.5. The molecule has 0 radical (unpaired) electrons. The number of phenolic OH excluding ortho intramolecular Hbond substituents is 1. The molecule has 0 spiro atoms. The van der Waals surface area contributed by atoms with E-state index in [4.69, 9.17) is 9.72 Å². The van der Waals surface area contributed by atoms with E-state index in [1.165, 1.54) is 0 Å². The van der Waals surface area contributed by atoms with Crippen LogP contribution in [-0.4, -0.2) is 37.4 Å². The maximum atomic E-state index is 13.1. The van der Waals surface area contributed by atoms with Crippen LogP contribution in [0.4, 0.5) is 0 Å². The van der Waals surface area contributed by atoms with Gasteiger partial charge in [0.05, 0.1) is 35.6 Å². The number of pyridine rings is 2. The summed E-state index contributed by atoms with van der Waals surface area (Å²) in [7, 11) is 0. The topological polar surface area (TPSA) is 122 Å². The lowest BCUT2D eigenvalue weighted by Gasteiger charge is -2.30. The number of esters is 1. The third-order valence-electron chi connectivity index (χ3n) is 5.86. The van der Waals surface area contributed by atoms with Gasteiger partial charge in [0.15, 0.2) is 0 Å². The van der Waals surface area contributed by atoms with Crippen LogP contribution in [0.25, 0.3) is 22.3 Å². The smallest absolute Gasteiger partial charge is 0.345 e. The second-order valence-corrected chi connectivity index (χ2v) is 7.38. The van der Waals surface area contributed by atoms with E-state index >= 15 is 0 Å². The fourth-order valence-electron chi connectivity index (χ4n) is 4.37. The Morgan fingerprint density at radius 2 is 2.03 bits per heavy atom. The predicted molar refractivity (Wildman–Crippen MR) is 102 cm³/mol. The standard InChI is InChI=1S/C21H18N2O6/c1-2-11-12-5-10(25)3-4-16(12)22-18-13(11)7-23-17(18)6-15-14(19(23)26)8-29-20(27)21(15,28)9-24/h3-6,24-25,28H,2,7-9H2,1H3. The number of carbonyl (C=O) groups excluding carboxylic acids is 1. The molecule has 2 aromatic heterocycles. The number of aliphatic hydroxyl groups excluding tert-OH is 1. The Morgan fingerprint density at radius 1 is 1.24 bits per heavy atom. The Bertz CT molecular complexity index is 1280. The van der Waals surface area contributed by atoms with Crippen LogP contribution in [0.2, 0.25) is 0 Å². The molecule has 1 atom stereocenters. The highest BCUT2D eigenvalue weighted by atomic mass is 16.6. The Morgan fingerprint density at radius 3 is 2.76 bits per heavy atom. The molecular formula is C21H18N2O6. The molecule has 0 bridgehead atoms. The highest BCUT2D eigenvalue weighted by Gasteiger charge is 2.46. The van der Waals surface area contributed by atoms with E-state index in [1.807, 2.05) is 6.92 Å². The van der Waals surface area contributed by atoms with Gasteiger partial charge in [-0.05, 0) is 36.2 Å². The third-order valence-corrected chi connectivity index (χ3v) is 5.86. The van der Waals surface area contributed by atoms with Gasteiger partial charge in [0.2, 0.25) is 5.60 Å². The Balaban J connectivity index is 1.84. The number of hydrogen-bond acceptors (Lipinski definition) is 7. The maximum Gasteiger partial charge on any atom is 0.345 e. The summed E-state index contributed by atoms with van der Waals surface area (Å²) in [6.45, 7) is 1.14. The normalized spacial score (nSPS) is 19.6. The summed E-state index contributed by atoms with van der Waals surface area (Å²) < 4.78 is 6.49. The SMILES string of the molecule is CCc1c2c(nc3ccc(O)cc13)-c1cc3c(c(=O)n1C2)COC(=O)C3(O)CO. The fraction of sp³-hybridized carbons (Fsp3) is 0.286. The molecule has 8 heteroatoms.